The molecular formula is C19H20N4O. The highest BCUT2D eigenvalue weighted by Crippen LogP contribution is 2.23. The van der Waals surface area contributed by atoms with Crippen LogP contribution in [0.5, 0.6) is 0 Å². The summed E-state index contributed by atoms with van der Waals surface area (Å²) in [5.41, 5.74) is 6.71. The van der Waals surface area contributed by atoms with Crippen LogP contribution >= 0.6 is 0 Å². The van der Waals surface area contributed by atoms with E-state index in [4.69, 9.17) is 0 Å². The van der Waals surface area contributed by atoms with Gasteiger partial charge in [0.2, 0.25) is 0 Å². The lowest BCUT2D eigenvalue weighted by Gasteiger charge is -2.25. The molecule has 2 N–H and O–H groups in total. The van der Waals surface area contributed by atoms with Crippen molar-refractivity contribution >= 4 is 22.6 Å². The summed E-state index contributed by atoms with van der Waals surface area (Å²) >= 11 is 0. The molecule has 1 aliphatic heterocycles. The molecule has 0 fully saturated rings. The van der Waals surface area contributed by atoms with Crippen LogP contribution in [0.25, 0.3) is 11.0 Å². The van der Waals surface area contributed by atoms with Gasteiger partial charge in [-0.2, -0.15) is 0 Å². The number of carbonyl (C=O) groups is 1. The molecule has 1 aliphatic rings. The highest BCUT2D eigenvalue weighted by atomic mass is 16.1. The maximum absolute atomic E-state index is 12.7. The summed E-state index contributed by atoms with van der Waals surface area (Å²) in [6.45, 7) is 3.98. The van der Waals surface area contributed by atoms with Crippen molar-refractivity contribution in [3.05, 3.63) is 58.9 Å². The topological polar surface area (TPSA) is 61.0 Å². The molecule has 0 radical (unpaired) electrons. The molecule has 5 heteroatoms. The lowest BCUT2D eigenvalue weighted by Crippen LogP contribution is -2.26. The van der Waals surface area contributed by atoms with E-state index in [1.165, 1.54) is 11.1 Å². The second-order valence-corrected chi connectivity index (χ2v) is 6.54. The fourth-order valence-corrected chi connectivity index (χ4v) is 3.34. The van der Waals surface area contributed by atoms with Gasteiger partial charge in [0.15, 0.2) is 0 Å². The summed E-state index contributed by atoms with van der Waals surface area (Å²) in [7, 11) is 2.12. The maximum atomic E-state index is 12.7. The van der Waals surface area contributed by atoms with E-state index in [9.17, 15) is 4.79 Å². The normalized spacial score (nSPS) is 14.6. The van der Waals surface area contributed by atoms with Crippen LogP contribution in [0.3, 0.4) is 0 Å². The average molecular weight is 320 g/mol. The molecule has 0 bridgehead atoms. The van der Waals surface area contributed by atoms with Crippen molar-refractivity contribution in [1.82, 2.24) is 14.9 Å². The SMILES string of the molecule is Cc1cc(C(=O)Nc2ccc3c(c2)CN(C)CC3)c2nc[nH]c2c1. The van der Waals surface area contributed by atoms with E-state index in [0.29, 0.717) is 11.1 Å². The number of fused-ring (bicyclic) bond motifs is 2. The molecule has 0 unspecified atom stereocenters. The number of hydrogen-bond acceptors (Lipinski definition) is 3. The number of nitrogens with one attached hydrogen (secondary N) is 2. The van der Waals surface area contributed by atoms with Crippen molar-refractivity contribution in [1.29, 1.82) is 0 Å². The predicted octanol–water partition coefficient (Wildman–Crippen LogP) is 3.11. The molecule has 0 spiro atoms. The molecule has 0 saturated carbocycles. The highest BCUT2D eigenvalue weighted by Gasteiger charge is 2.16. The van der Waals surface area contributed by atoms with E-state index in [1.807, 2.05) is 25.1 Å². The third kappa shape index (κ3) is 2.67. The zero-order valence-corrected chi connectivity index (χ0v) is 13.9. The summed E-state index contributed by atoms with van der Waals surface area (Å²) < 4.78 is 0. The zero-order valence-electron chi connectivity index (χ0n) is 13.9. The number of rotatable bonds is 2. The van der Waals surface area contributed by atoms with Crippen LogP contribution in [0.1, 0.15) is 27.0 Å². The van der Waals surface area contributed by atoms with Gasteiger partial charge in [-0.05, 0) is 61.3 Å². The highest BCUT2D eigenvalue weighted by molar-refractivity contribution is 6.11. The lowest BCUT2D eigenvalue weighted by molar-refractivity contribution is 0.102. The van der Waals surface area contributed by atoms with Gasteiger partial charge in [-0.25, -0.2) is 4.98 Å². The Morgan fingerprint density at radius 1 is 1.25 bits per heavy atom. The van der Waals surface area contributed by atoms with Crippen LogP contribution in [0.15, 0.2) is 36.7 Å². The first-order valence-electron chi connectivity index (χ1n) is 8.15. The number of aryl methyl sites for hydroxylation is 1. The number of aromatic nitrogens is 2. The maximum Gasteiger partial charge on any atom is 0.257 e. The number of anilines is 1. The van der Waals surface area contributed by atoms with E-state index in [0.717, 1.165) is 36.3 Å². The summed E-state index contributed by atoms with van der Waals surface area (Å²) in [5.74, 6) is -0.125. The second kappa shape index (κ2) is 5.76. The molecule has 3 aromatic rings. The van der Waals surface area contributed by atoms with Gasteiger partial charge in [-0.3, -0.25) is 4.79 Å². The molecule has 0 atom stereocenters. The smallest absolute Gasteiger partial charge is 0.257 e. The molecule has 4 rings (SSSR count). The summed E-state index contributed by atoms with van der Waals surface area (Å²) in [5, 5.41) is 3.02. The number of aromatic amines is 1. The minimum atomic E-state index is -0.125. The minimum absolute atomic E-state index is 0.125. The Labute approximate surface area is 140 Å². The van der Waals surface area contributed by atoms with Gasteiger partial charge in [-0.15, -0.1) is 0 Å². The number of likely N-dealkylation sites (N-methyl/N-ethyl adjacent to an activating group) is 1. The molecule has 0 saturated heterocycles. The summed E-state index contributed by atoms with van der Waals surface area (Å²) in [6, 6.07) is 10.1. The fraction of sp³-hybridized carbons (Fsp3) is 0.263. The van der Waals surface area contributed by atoms with Gasteiger partial charge in [-0.1, -0.05) is 6.07 Å². The number of imidazole rings is 1. The number of benzene rings is 2. The number of H-pyrrole nitrogens is 1. The fourth-order valence-electron chi connectivity index (χ4n) is 3.34. The molecule has 24 heavy (non-hydrogen) atoms. The summed E-state index contributed by atoms with van der Waals surface area (Å²) in [4.78, 5) is 22.4. The largest absolute Gasteiger partial charge is 0.345 e. The monoisotopic (exact) mass is 320 g/mol. The van der Waals surface area contributed by atoms with Gasteiger partial charge >= 0.3 is 0 Å². The van der Waals surface area contributed by atoms with Crippen molar-refractivity contribution < 1.29 is 4.79 Å². The molecular weight excluding hydrogens is 300 g/mol. The molecule has 0 aliphatic carbocycles. The van der Waals surface area contributed by atoms with Crippen molar-refractivity contribution in [2.24, 2.45) is 0 Å². The zero-order chi connectivity index (χ0) is 16.7. The lowest BCUT2D eigenvalue weighted by atomic mass is 9.99. The molecule has 122 valence electrons. The summed E-state index contributed by atoms with van der Waals surface area (Å²) in [6.07, 6.45) is 2.68. The van der Waals surface area contributed by atoms with Crippen molar-refractivity contribution in [2.45, 2.75) is 19.9 Å². The van der Waals surface area contributed by atoms with Crippen LogP contribution in [0.4, 0.5) is 5.69 Å². The second-order valence-electron chi connectivity index (χ2n) is 6.54. The van der Waals surface area contributed by atoms with E-state index in [1.54, 1.807) is 6.33 Å². The Morgan fingerprint density at radius 3 is 3.00 bits per heavy atom. The Balaban J connectivity index is 1.64. The molecule has 1 aromatic heterocycles. The minimum Gasteiger partial charge on any atom is -0.345 e. The molecule has 2 aromatic carbocycles. The Morgan fingerprint density at radius 2 is 2.12 bits per heavy atom. The average Bonchev–Trinajstić information content (AvgIpc) is 3.01. The van der Waals surface area contributed by atoms with Crippen LogP contribution in [-0.2, 0) is 13.0 Å². The van der Waals surface area contributed by atoms with E-state index in [2.05, 4.69) is 39.4 Å². The standard InChI is InChI=1S/C19H20N4O/c1-12-7-16(18-17(8-12)20-11-21-18)19(24)22-15-4-3-13-5-6-23(2)10-14(13)9-15/h3-4,7-9,11H,5-6,10H2,1-2H3,(H,20,21)(H,22,24). The molecule has 1 amide bonds. The Bertz CT molecular complexity index is 928. The van der Waals surface area contributed by atoms with Gasteiger partial charge in [0, 0.05) is 18.8 Å². The van der Waals surface area contributed by atoms with Crippen LogP contribution < -0.4 is 5.32 Å². The van der Waals surface area contributed by atoms with E-state index < -0.39 is 0 Å². The van der Waals surface area contributed by atoms with Crippen LogP contribution in [-0.4, -0.2) is 34.4 Å². The first-order chi connectivity index (χ1) is 11.6. The van der Waals surface area contributed by atoms with Gasteiger partial charge in [0.1, 0.15) is 5.52 Å². The van der Waals surface area contributed by atoms with Gasteiger partial charge in [0.05, 0.1) is 17.4 Å². The van der Waals surface area contributed by atoms with E-state index in [-0.39, 0.29) is 5.91 Å². The first kappa shape index (κ1) is 14.9. The molecule has 5 nitrogen and oxygen atoms in total. The van der Waals surface area contributed by atoms with Crippen molar-refractivity contribution in [3.63, 3.8) is 0 Å². The Hall–Kier alpha value is -2.66. The van der Waals surface area contributed by atoms with Gasteiger partial charge in [0.25, 0.3) is 5.91 Å². The van der Waals surface area contributed by atoms with E-state index >= 15 is 0 Å². The third-order valence-corrected chi connectivity index (χ3v) is 4.58. The quantitative estimate of drug-likeness (QED) is 0.763. The number of hydrogen-bond donors (Lipinski definition) is 2. The van der Waals surface area contributed by atoms with Crippen LogP contribution in [0.2, 0.25) is 0 Å². The van der Waals surface area contributed by atoms with Crippen molar-refractivity contribution in [2.75, 3.05) is 18.9 Å². The predicted molar refractivity (Wildman–Crippen MR) is 95.3 cm³/mol. The number of amides is 1. The van der Waals surface area contributed by atoms with Crippen molar-refractivity contribution in [3.8, 4) is 0 Å². The van der Waals surface area contributed by atoms with Gasteiger partial charge < -0.3 is 15.2 Å². The number of carbonyl (C=O) groups excluding carboxylic acids is 1. The molecule has 2 heterocycles. The number of nitrogens with zero attached hydrogens (tertiary/aromatic N) is 2. The van der Waals surface area contributed by atoms with Crippen LogP contribution in [0, 0.1) is 6.92 Å². The first-order valence-corrected chi connectivity index (χ1v) is 8.15. The third-order valence-electron chi connectivity index (χ3n) is 4.58. The Kier molecular flexibility index (Phi) is 3.58.